The molecule has 3 N–H and O–H groups in total. The average Bonchev–Trinajstić information content (AvgIpc) is 2.35. The Morgan fingerprint density at radius 1 is 1.47 bits per heavy atom. The van der Waals surface area contributed by atoms with E-state index in [1.54, 1.807) is 12.1 Å². The van der Waals surface area contributed by atoms with Crippen LogP contribution in [0.5, 0.6) is 0 Å². The first-order valence-corrected chi connectivity index (χ1v) is 6.85. The van der Waals surface area contributed by atoms with Crippen LogP contribution in [0.2, 0.25) is 5.02 Å². The largest absolute Gasteiger partial charge is 0.325 e. The van der Waals surface area contributed by atoms with E-state index in [9.17, 15) is 4.79 Å². The third kappa shape index (κ3) is 3.99. The molecule has 1 aliphatic rings. The molecule has 0 bridgehead atoms. The van der Waals surface area contributed by atoms with Crippen LogP contribution in [-0.4, -0.2) is 12.5 Å². The first-order valence-electron chi connectivity index (χ1n) is 6.47. The number of amides is 1. The highest BCUT2D eigenvalue weighted by molar-refractivity contribution is 6.33. The van der Waals surface area contributed by atoms with Gasteiger partial charge in [0, 0.05) is 12.0 Å². The van der Waals surface area contributed by atoms with Gasteiger partial charge in [-0.05, 0) is 37.0 Å². The molecule has 0 aromatic heterocycles. The van der Waals surface area contributed by atoms with Crippen LogP contribution in [0.15, 0.2) is 18.2 Å². The Bertz CT molecular complexity index is 527. The second-order valence-electron chi connectivity index (χ2n) is 4.75. The number of anilines is 1. The summed E-state index contributed by atoms with van der Waals surface area (Å²) in [5, 5.41) is 3.38. The number of hydrogen-bond acceptors (Lipinski definition) is 2. The number of halogens is 1. The molecule has 100 valence electrons. The summed E-state index contributed by atoms with van der Waals surface area (Å²) in [6.07, 6.45) is 4.13. The minimum Gasteiger partial charge on any atom is -0.325 e. The highest BCUT2D eigenvalue weighted by Gasteiger charge is 2.20. The van der Waals surface area contributed by atoms with Gasteiger partial charge in [-0.1, -0.05) is 29.9 Å². The van der Waals surface area contributed by atoms with E-state index in [4.69, 9.17) is 17.3 Å². The van der Waals surface area contributed by atoms with Gasteiger partial charge in [-0.15, -0.1) is 0 Å². The molecule has 0 aliphatic heterocycles. The van der Waals surface area contributed by atoms with Gasteiger partial charge < -0.3 is 11.1 Å². The van der Waals surface area contributed by atoms with E-state index < -0.39 is 0 Å². The third-order valence-corrected chi connectivity index (χ3v) is 3.60. The second-order valence-corrected chi connectivity index (χ2v) is 5.16. The van der Waals surface area contributed by atoms with Crippen LogP contribution in [0.3, 0.4) is 0 Å². The number of hydrogen-bond donors (Lipinski definition) is 2. The monoisotopic (exact) mass is 276 g/mol. The zero-order valence-corrected chi connectivity index (χ0v) is 11.5. The number of nitrogens with two attached hydrogens (primary N) is 1. The van der Waals surface area contributed by atoms with Crippen LogP contribution in [0.1, 0.15) is 31.2 Å². The van der Waals surface area contributed by atoms with Gasteiger partial charge in [0.15, 0.2) is 0 Å². The predicted molar refractivity (Wildman–Crippen MR) is 78.0 cm³/mol. The summed E-state index contributed by atoms with van der Waals surface area (Å²) < 4.78 is 0. The molecule has 0 radical (unpaired) electrons. The van der Waals surface area contributed by atoms with Crippen LogP contribution in [0.4, 0.5) is 5.69 Å². The van der Waals surface area contributed by atoms with Crippen molar-refractivity contribution in [1.29, 1.82) is 0 Å². The molecule has 0 atom stereocenters. The third-order valence-electron chi connectivity index (χ3n) is 3.27. The highest BCUT2D eigenvalue weighted by atomic mass is 35.5. The van der Waals surface area contributed by atoms with E-state index in [1.807, 2.05) is 6.07 Å². The molecule has 1 aliphatic carbocycles. The topological polar surface area (TPSA) is 55.1 Å². The average molecular weight is 277 g/mol. The Morgan fingerprint density at radius 2 is 2.26 bits per heavy atom. The van der Waals surface area contributed by atoms with Gasteiger partial charge in [0.25, 0.3) is 0 Å². The summed E-state index contributed by atoms with van der Waals surface area (Å²) >= 11 is 6.07. The first kappa shape index (κ1) is 13.9. The van der Waals surface area contributed by atoms with Gasteiger partial charge in [0.2, 0.25) is 5.91 Å². The SMILES string of the molecule is NCC#Cc1ccc(Cl)c(NC(=O)CC2CCC2)c1. The van der Waals surface area contributed by atoms with Crippen LogP contribution < -0.4 is 11.1 Å². The van der Waals surface area contributed by atoms with Crippen molar-refractivity contribution >= 4 is 23.2 Å². The lowest BCUT2D eigenvalue weighted by Crippen LogP contribution is -2.21. The van der Waals surface area contributed by atoms with Crippen LogP contribution in [-0.2, 0) is 4.79 Å². The molecule has 2 rings (SSSR count). The molecule has 0 heterocycles. The van der Waals surface area contributed by atoms with Crippen molar-refractivity contribution in [2.24, 2.45) is 11.7 Å². The highest BCUT2D eigenvalue weighted by Crippen LogP contribution is 2.30. The Morgan fingerprint density at radius 3 is 2.89 bits per heavy atom. The van der Waals surface area contributed by atoms with E-state index >= 15 is 0 Å². The van der Waals surface area contributed by atoms with Crippen molar-refractivity contribution in [3.63, 3.8) is 0 Å². The summed E-state index contributed by atoms with van der Waals surface area (Å²) in [6.45, 7) is 0.312. The van der Waals surface area contributed by atoms with Gasteiger partial charge in [0.05, 0.1) is 17.3 Å². The molecule has 1 saturated carbocycles. The van der Waals surface area contributed by atoms with Crippen molar-refractivity contribution in [3.05, 3.63) is 28.8 Å². The molecule has 1 fully saturated rings. The van der Waals surface area contributed by atoms with Crippen LogP contribution >= 0.6 is 11.6 Å². The van der Waals surface area contributed by atoms with Gasteiger partial charge in [-0.3, -0.25) is 4.79 Å². The maximum absolute atomic E-state index is 11.9. The maximum atomic E-state index is 11.9. The number of carbonyl (C=O) groups excluding carboxylic acids is 1. The fourth-order valence-electron chi connectivity index (χ4n) is 2.01. The van der Waals surface area contributed by atoms with Crippen LogP contribution in [0.25, 0.3) is 0 Å². The Labute approximate surface area is 118 Å². The van der Waals surface area contributed by atoms with E-state index in [2.05, 4.69) is 17.2 Å². The molecular weight excluding hydrogens is 260 g/mol. The van der Waals surface area contributed by atoms with Crippen molar-refractivity contribution < 1.29 is 4.79 Å². The Hall–Kier alpha value is -1.50. The lowest BCUT2D eigenvalue weighted by Gasteiger charge is -2.24. The van der Waals surface area contributed by atoms with E-state index in [0.717, 1.165) is 18.4 Å². The van der Waals surface area contributed by atoms with Crippen molar-refractivity contribution in [3.8, 4) is 11.8 Å². The molecule has 4 heteroatoms. The van der Waals surface area contributed by atoms with Gasteiger partial charge in [-0.25, -0.2) is 0 Å². The summed E-state index contributed by atoms with van der Waals surface area (Å²) in [4.78, 5) is 11.9. The summed E-state index contributed by atoms with van der Waals surface area (Å²) in [6, 6.07) is 5.33. The summed E-state index contributed by atoms with van der Waals surface area (Å²) in [5.74, 6) is 6.26. The normalized spacial score (nSPS) is 14.2. The number of rotatable bonds is 3. The van der Waals surface area contributed by atoms with E-state index in [-0.39, 0.29) is 5.91 Å². The smallest absolute Gasteiger partial charge is 0.224 e. The number of nitrogens with one attached hydrogen (secondary N) is 1. The van der Waals surface area contributed by atoms with Crippen LogP contribution in [0, 0.1) is 17.8 Å². The summed E-state index contributed by atoms with van der Waals surface area (Å²) in [5.41, 5.74) is 6.75. The maximum Gasteiger partial charge on any atom is 0.224 e. The molecule has 1 amide bonds. The van der Waals surface area contributed by atoms with Gasteiger partial charge >= 0.3 is 0 Å². The molecule has 0 saturated heterocycles. The zero-order chi connectivity index (χ0) is 13.7. The fraction of sp³-hybridized carbons (Fsp3) is 0.400. The zero-order valence-electron chi connectivity index (χ0n) is 10.7. The molecular formula is C15H17ClN2O. The fourth-order valence-corrected chi connectivity index (χ4v) is 2.18. The molecule has 0 spiro atoms. The van der Waals surface area contributed by atoms with Gasteiger partial charge in [0.1, 0.15) is 0 Å². The van der Waals surface area contributed by atoms with E-state index in [1.165, 1.54) is 6.42 Å². The van der Waals surface area contributed by atoms with Crippen molar-refractivity contribution in [2.75, 3.05) is 11.9 Å². The number of carbonyl (C=O) groups is 1. The lowest BCUT2D eigenvalue weighted by atomic mass is 9.83. The first-order chi connectivity index (χ1) is 9.19. The molecule has 3 nitrogen and oxygen atoms in total. The standard InChI is InChI=1S/C15H17ClN2O/c16-13-7-6-12(5-2-8-17)9-14(13)18-15(19)10-11-3-1-4-11/h6-7,9,11H,1,3-4,8,10,17H2,(H,18,19). The molecule has 0 unspecified atom stereocenters. The Balaban J connectivity index is 2.03. The predicted octanol–water partition coefficient (Wildman–Crippen LogP) is 2.78. The van der Waals surface area contributed by atoms with E-state index in [0.29, 0.717) is 29.6 Å². The van der Waals surface area contributed by atoms with Gasteiger partial charge in [-0.2, -0.15) is 0 Å². The molecule has 1 aromatic rings. The minimum absolute atomic E-state index is 0.0236. The van der Waals surface area contributed by atoms with Crippen molar-refractivity contribution in [1.82, 2.24) is 0 Å². The van der Waals surface area contributed by atoms with Crippen molar-refractivity contribution in [2.45, 2.75) is 25.7 Å². The number of benzene rings is 1. The molecule has 19 heavy (non-hydrogen) atoms. The summed E-state index contributed by atoms with van der Waals surface area (Å²) in [7, 11) is 0. The quantitative estimate of drug-likeness (QED) is 0.834. The second kappa shape index (κ2) is 6.60. The molecule has 1 aromatic carbocycles. The Kier molecular flexibility index (Phi) is 4.84. The minimum atomic E-state index is 0.0236. The lowest BCUT2D eigenvalue weighted by molar-refractivity contribution is -0.117.